The number of para-hydroxylation sites is 1. The van der Waals surface area contributed by atoms with E-state index in [4.69, 9.17) is 21.1 Å². The second kappa shape index (κ2) is 6.78. The molecule has 3 aromatic carbocycles. The van der Waals surface area contributed by atoms with E-state index in [0.29, 0.717) is 44.6 Å². The number of nitrogens with zero attached hydrogens (tertiary/aromatic N) is 2. The number of hydrogen-bond acceptors (Lipinski definition) is 4. The minimum Gasteiger partial charge on any atom is -0.493 e. The Balaban J connectivity index is 1.81. The minimum absolute atomic E-state index is 0.204. The molecule has 2 heterocycles. The molecule has 5 rings (SSSR count). The van der Waals surface area contributed by atoms with Gasteiger partial charge in [-0.3, -0.25) is 19.4 Å². The zero-order valence-electron chi connectivity index (χ0n) is 16.3. The van der Waals surface area contributed by atoms with Crippen LogP contribution in [-0.2, 0) is 0 Å². The summed E-state index contributed by atoms with van der Waals surface area (Å²) in [6.45, 7) is 0. The molecule has 1 atom stereocenters. The van der Waals surface area contributed by atoms with E-state index in [-0.39, 0.29) is 11.8 Å². The van der Waals surface area contributed by atoms with Crippen molar-refractivity contribution in [3.05, 3.63) is 82.4 Å². The zero-order chi connectivity index (χ0) is 21.0. The summed E-state index contributed by atoms with van der Waals surface area (Å²) in [5, 5.41) is 0.502. The highest BCUT2D eigenvalue weighted by molar-refractivity contribution is 6.31. The zero-order valence-corrected chi connectivity index (χ0v) is 17.0. The Kier molecular flexibility index (Phi) is 4.18. The van der Waals surface area contributed by atoms with Crippen molar-refractivity contribution >= 4 is 34.8 Å². The van der Waals surface area contributed by atoms with Crippen LogP contribution in [0.25, 0.3) is 0 Å². The molecule has 2 amide bonds. The monoisotopic (exact) mass is 420 g/mol. The SMILES string of the molecule is COc1ccc2c(c1OC)C(=O)N1c3ccccc3C(=O)N(c3cccc(Cl)c3)C21. The van der Waals surface area contributed by atoms with Crippen molar-refractivity contribution in [2.24, 2.45) is 0 Å². The van der Waals surface area contributed by atoms with E-state index in [0.717, 1.165) is 0 Å². The molecule has 3 aromatic rings. The number of halogens is 1. The van der Waals surface area contributed by atoms with Crippen molar-refractivity contribution in [1.82, 2.24) is 0 Å². The van der Waals surface area contributed by atoms with E-state index in [1.165, 1.54) is 14.2 Å². The predicted octanol–water partition coefficient (Wildman–Crippen LogP) is 4.68. The first-order chi connectivity index (χ1) is 14.6. The summed E-state index contributed by atoms with van der Waals surface area (Å²) in [4.78, 5) is 30.4. The number of anilines is 2. The number of rotatable bonds is 3. The van der Waals surface area contributed by atoms with Crippen molar-refractivity contribution in [1.29, 1.82) is 0 Å². The third-order valence-corrected chi connectivity index (χ3v) is 5.71. The van der Waals surface area contributed by atoms with Crippen LogP contribution in [0, 0.1) is 0 Å². The number of amides is 2. The Morgan fingerprint density at radius 3 is 2.40 bits per heavy atom. The van der Waals surface area contributed by atoms with Crippen molar-refractivity contribution < 1.29 is 19.1 Å². The van der Waals surface area contributed by atoms with Crippen LogP contribution in [0.4, 0.5) is 11.4 Å². The van der Waals surface area contributed by atoms with Crippen LogP contribution < -0.4 is 19.3 Å². The number of ether oxygens (including phenoxy) is 2. The Bertz CT molecular complexity index is 1210. The van der Waals surface area contributed by atoms with Crippen LogP contribution in [0.1, 0.15) is 32.4 Å². The summed E-state index contributed by atoms with van der Waals surface area (Å²) in [6, 6.07) is 17.7. The fourth-order valence-electron chi connectivity index (χ4n) is 4.23. The summed E-state index contributed by atoms with van der Waals surface area (Å²) < 4.78 is 10.9. The fraction of sp³-hybridized carbons (Fsp3) is 0.130. The minimum atomic E-state index is -0.659. The molecule has 2 aliphatic heterocycles. The van der Waals surface area contributed by atoms with Gasteiger partial charge in [-0.15, -0.1) is 0 Å². The topological polar surface area (TPSA) is 59.1 Å². The van der Waals surface area contributed by atoms with Crippen LogP contribution in [0.3, 0.4) is 0 Å². The van der Waals surface area contributed by atoms with Crippen LogP contribution >= 0.6 is 11.6 Å². The lowest BCUT2D eigenvalue weighted by Gasteiger charge is -2.40. The first-order valence-electron chi connectivity index (χ1n) is 9.33. The van der Waals surface area contributed by atoms with Gasteiger partial charge in [-0.25, -0.2) is 0 Å². The fourth-order valence-corrected chi connectivity index (χ4v) is 4.42. The molecule has 0 saturated heterocycles. The molecule has 0 aromatic heterocycles. The average Bonchev–Trinajstić information content (AvgIpc) is 3.06. The maximum atomic E-state index is 13.6. The molecular formula is C23H17ClN2O4. The number of carbonyl (C=O) groups is 2. The summed E-state index contributed by atoms with van der Waals surface area (Å²) in [6.07, 6.45) is -0.659. The second-order valence-corrected chi connectivity index (χ2v) is 7.42. The van der Waals surface area contributed by atoms with Gasteiger partial charge in [0, 0.05) is 16.3 Å². The predicted molar refractivity (Wildman–Crippen MR) is 114 cm³/mol. The molecule has 7 heteroatoms. The van der Waals surface area contributed by atoms with E-state index in [9.17, 15) is 9.59 Å². The highest BCUT2D eigenvalue weighted by Crippen LogP contribution is 2.50. The van der Waals surface area contributed by atoms with Crippen LogP contribution in [0.2, 0.25) is 5.02 Å². The first kappa shape index (κ1) is 18.5. The standard InChI is InChI=1S/C23H17ClN2O4/c1-29-18-11-10-16-19(20(18)30-2)23(28)26-17-9-4-3-8-15(17)22(27)25(21(16)26)14-7-5-6-13(24)12-14/h3-12,21H,1-2H3. The van der Waals surface area contributed by atoms with E-state index < -0.39 is 6.17 Å². The number of methoxy groups -OCH3 is 2. The van der Waals surface area contributed by atoms with Gasteiger partial charge in [0.15, 0.2) is 11.5 Å². The third kappa shape index (κ3) is 2.44. The third-order valence-electron chi connectivity index (χ3n) is 5.48. The van der Waals surface area contributed by atoms with Gasteiger partial charge in [-0.1, -0.05) is 35.9 Å². The van der Waals surface area contributed by atoms with Gasteiger partial charge in [0.2, 0.25) is 0 Å². The molecule has 1 unspecified atom stereocenters. The van der Waals surface area contributed by atoms with E-state index in [1.807, 2.05) is 6.07 Å². The number of benzene rings is 3. The highest BCUT2D eigenvalue weighted by Gasteiger charge is 2.50. The molecule has 2 aliphatic rings. The van der Waals surface area contributed by atoms with Gasteiger partial charge in [-0.2, -0.15) is 0 Å². The van der Waals surface area contributed by atoms with Gasteiger partial charge in [0.05, 0.1) is 31.0 Å². The lowest BCUT2D eigenvalue weighted by Crippen LogP contribution is -2.48. The Labute approximate surface area is 178 Å². The first-order valence-corrected chi connectivity index (χ1v) is 9.71. The molecule has 0 radical (unpaired) electrons. The number of fused-ring (bicyclic) bond motifs is 5. The maximum absolute atomic E-state index is 13.6. The second-order valence-electron chi connectivity index (χ2n) is 6.99. The normalized spacial score (nSPS) is 16.8. The smallest absolute Gasteiger partial charge is 0.264 e. The molecule has 30 heavy (non-hydrogen) atoms. The average molecular weight is 421 g/mol. The molecule has 0 fully saturated rings. The lowest BCUT2D eigenvalue weighted by molar-refractivity contribution is 0.0948. The molecule has 0 spiro atoms. The van der Waals surface area contributed by atoms with Gasteiger partial charge in [0.1, 0.15) is 6.17 Å². The molecule has 150 valence electrons. The van der Waals surface area contributed by atoms with Crippen LogP contribution in [-0.4, -0.2) is 26.0 Å². The summed E-state index contributed by atoms with van der Waals surface area (Å²) >= 11 is 6.22. The maximum Gasteiger partial charge on any atom is 0.264 e. The van der Waals surface area contributed by atoms with Crippen LogP contribution in [0.5, 0.6) is 11.5 Å². The highest BCUT2D eigenvalue weighted by atomic mass is 35.5. The van der Waals surface area contributed by atoms with Gasteiger partial charge >= 0.3 is 0 Å². The number of hydrogen-bond donors (Lipinski definition) is 0. The van der Waals surface area contributed by atoms with E-state index >= 15 is 0 Å². The molecule has 0 aliphatic carbocycles. The quantitative estimate of drug-likeness (QED) is 0.617. The van der Waals surface area contributed by atoms with Crippen molar-refractivity contribution in [2.75, 3.05) is 24.0 Å². The molecule has 6 nitrogen and oxygen atoms in total. The summed E-state index contributed by atoms with van der Waals surface area (Å²) in [5.74, 6) is 0.353. The molecule has 0 saturated carbocycles. The Morgan fingerprint density at radius 2 is 1.67 bits per heavy atom. The summed E-state index contributed by atoms with van der Waals surface area (Å²) in [5.41, 5.74) is 2.67. The van der Waals surface area contributed by atoms with Gasteiger partial charge in [-0.05, 0) is 36.4 Å². The largest absolute Gasteiger partial charge is 0.493 e. The van der Waals surface area contributed by atoms with Crippen molar-refractivity contribution in [3.8, 4) is 11.5 Å². The van der Waals surface area contributed by atoms with Crippen LogP contribution in [0.15, 0.2) is 60.7 Å². The Morgan fingerprint density at radius 1 is 0.867 bits per heavy atom. The lowest BCUT2D eigenvalue weighted by atomic mass is 10.0. The van der Waals surface area contributed by atoms with Gasteiger partial charge in [0.25, 0.3) is 11.8 Å². The van der Waals surface area contributed by atoms with E-state index in [2.05, 4.69) is 0 Å². The number of carbonyl (C=O) groups excluding carboxylic acids is 2. The molecular weight excluding hydrogens is 404 g/mol. The van der Waals surface area contributed by atoms with E-state index in [1.54, 1.807) is 64.4 Å². The molecule has 0 bridgehead atoms. The van der Waals surface area contributed by atoms with Crippen molar-refractivity contribution in [2.45, 2.75) is 6.17 Å². The molecule has 0 N–H and O–H groups in total. The summed E-state index contributed by atoms with van der Waals surface area (Å²) in [7, 11) is 3.02. The van der Waals surface area contributed by atoms with Gasteiger partial charge < -0.3 is 9.47 Å². The van der Waals surface area contributed by atoms with Crippen molar-refractivity contribution in [3.63, 3.8) is 0 Å². The Hall–Kier alpha value is -3.51.